The van der Waals surface area contributed by atoms with E-state index in [2.05, 4.69) is 15.4 Å². The van der Waals surface area contributed by atoms with Crippen LogP contribution < -0.4 is 21.3 Å². The lowest BCUT2D eigenvalue weighted by Gasteiger charge is -2.10. The van der Waals surface area contributed by atoms with E-state index in [1.807, 2.05) is 0 Å². The van der Waals surface area contributed by atoms with Crippen molar-refractivity contribution in [1.29, 1.82) is 0 Å². The number of carbonyl (C=O) groups excluding carboxylic acids is 1. The molecular formula is C23H16ClN5O6. The largest absolute Gasteiger partial charge is 0.476 e. The predicted molar refractivity (Wildman–Crippen MR) is 130 cm³/mol. The fourth-order valence-electron chi connectivity index (χ4n) is 3.19. The molecule has 11 nitrogen and oxygen atoms in total. The number of anilines is 1. The van der Waals surface area contributed by atoms with Crippen LogP contribution in [-0.2, 0) is 4.79 Å². The van der Waals surface area contributed by atoms with Crippen LogP contribution in [0.5, 0.6) is 5.75 Å². The molecule has 0 fully saturated rings. The van der Waals surface area contributed by atoms with Crippen molar-refractivity contribution in [1.82, 2.24) is 9.66 Å². The summed E-state index contributed by atoms with van der Waals surface area (Å²) in [7, 11) is 0. The van der Waals surface area contributed by atoms with E-state index < -0.39 is 34.4 Å². The minimum Gasteiger partial charge on any atom is -0.476 e. The number of carbonyl (C=O) groups is 1. The summed E-state index contributed by atoms with van der Waals surface area (Å²) in [5, 5.41) is 18.7. The van der Waals surface area contributed by atoms with Crippen molar-refractivity contribution >= 4 is 46.0 Å². The smallest absolute Gasteiger partial charge is 0.349 e. The number of ether oxygens (including phenoxy) is 1. The van der Waals surface area contributed by atoms with Gasteiger partial charge in [0.15, 0.2) is 6.61 Å². The first-order chi connectivity index (χ1) is 16.8. The van der Waals surface area contributed by atoms with Gasteiger partial charge in [0.1, 0.15) is 0 Å². The van der Waals surface area contributed by atoms with Gasteiger partial charge in [-0.1, -0.05) is 29.8 Å². The summed E-state index contributed by atoms with van der Waals surface area (Å²) in [6, 6.07) is 16.8. The molecule has 176 valence electrons. The lowest BCUT2D eigenvalue weighted by atomic mass is 10.2. The molecule has 1 aromatic heterocycles. The van der Waals surface area contributed by atoms with Crippen LogP contribution in [0.15, 0.2) is 81.4 Å². The second-order valence-corrected chi connectivity index (χ2v) is 7.57. The molecule has 1 heterocycles. The van der Waals surface area contributed by atoms with Crippen LogP contribution in [0.4, 0.5) is 11.4 Å². The molecule has 1 amide bonds. The summed E-state index contributed by atoms with van der Waals surface area (Å²) in [6.45, 7) is -0.551. The van der Waals surface area contributed by atoms with Crippen LogP contribution in [-0.4, -0.2) is 33.3 Å². The van der Waals surface area contributed by atoms with E-state index >= 15 is 0 Å². The van der Waals surface area contributed by atoms with E-state index in [1.54, 1.807) is 42.5 Å². The highest BCUT2D eigenvalue weighted by Gasteiger charge is 2.20. The number of rotatable bonds is 7. The normalized spacial score (nSPS) is 11.0. The molecule has 0 aliphatic heterocycles. The molecule has 2 N–H and O–H groups in total. The number of H-pyrrole nitrogens is 1. The maximum absolute atomic E-state index is 12.7. The number of fused-ring (bicyclic) bond motifs is 1. The number of para-hydroxylation sites is 2. The van der Waals surface area contributed by atoms with Gasteiger partial charge < -0.3 is 15.0 Å². The van der Waals surface area contributed by atoms with Gasteiger partial charge in [-0.05, 0) is 42.5 Å². The first kappa shape index (κ1) is 23.4. The number of aromatic nitrogens is 2. The maximum Gasteiger partial charge on any atom is 0.349 e. The van der Waals surface area contributed by atoms with Gasteiger partial charge in [0.2, 0.25) is 5.75 Å². The number of nitrogens with one attached hydrogen (secondary N) is 2. The van der Waals surface area contributed by atoms with E-state index in [-0.39, 0.29) is 16.7 Å². The van der Waals surface area contributed by atoms with E-state index in [4.69, 9.17) is 16.3 Å². The van der Waals surface area contributed by atoms with Crippen molar-refractivity contribution in [3.63, 3.8) is 0 Å². The number of benzene rings is 3. The fourth-order valence-corrected chi connectivity index (χ4v) is 3.32. The minimum atomic E-state index is -0.791. The average molecular weight is 494 g/mol. The Morgan fingerprint density at radius 3 is 2.60 bits per heavy atom. The lowest BCUT2D eigenvalue weighted by Crippen LogP contribution is -2.32. The maximum atomic E-state index is 12.7. The number of nitro groups is 1. The number of nitrogens with zero attached hydrogens (tertiary/aromatic N) is 3. The van der Waals surface area contributed by atoms with Gasteiger partial charge in [-0.2, -0.15) is 5.10 Å². The Bertz CT molecular complexity index is 1580. The van der Waals surface area contributed by atoms with Gasteiger partial charge in [-0.15, -0.1) is 4.68 Å². The second-order valence-electron chi connectivity index (χ2n) is 7.13. The molecule has 35 heavy (non-hydrogen) atoms. The lowest BCUT2D eigenvalue weighted by molar-refractivity contribution is -0.385. The molecular weight excluding hydrogens is 478 g/mol. The standard InChI is InChI=1S/C23H16ClN5O6/c24-15-8-10-16(11-9-15)26-20(30)13-35-21-14(4-3-7-19(21)29(33)34)12-25-28-22(31)17-5-1-2-6-18(17)27-23(28)32/h1-12H,13H2,(H,26,30)(H,27,32). The van der Waals surface area contributed by atoms with Crippen molar-refractivity contribution in [3.8, 4) is 5.75 Å². The van der Waals surface area contributed by atoms with Crippen LogP contribution >= 0.6 is 11.6 Å². The number of hydrogen-bond donors (Lipinski definition) is 2. The molecule has 0 aliphatic carbocycles. The quantitative estimate of drug-likeness (QED) is 0.229. The van der Waals surface area contributed by atoms with Crippen LogP contribution in [0.1, 0.15) is 5.56 Å². The number of hydrogen-bond acceptors (Lipinski definition) is 7. The van der Waals surface area contributed by atoms with Gasteiger partial charge in [0, 0.05) is 22.3 Å². The number of amides is 1. The highest BCUT2D eigenvalue weighted by Crippen LogP contribution is 2.30. The topological polar surface area (TPSA) is 149 Å². The summed E-state index contributed by atoms with van der Waals surface area (Å²) < 4.78 is 6.06. The number of halogens is 1. The Labute approximate surface area is 201 Å². The molecule has 0 radical (unpaired) electrons. The monoisotopic (exact) mass is 493 g/mol. The van der Waals surface area contributed by atoms with E-state index in [1.165, 1.54) is 24.3 Å². The first-order valence-corrected chi connectivity index (χ1v) is 10.5. The summed E-state index contributed by atoms with van der Waals surface area (Å²) in [4.78, 5) is 50.7. The summed E-state index contributed by atoms with van der Waals surface area (Å²) in [6.07, 6.45) is 1.07. The zero-order valence-corrected chi connectivity index (χ0v) is 18.6. The third kappa shape index (κ3) is 5.25. The van der Waals surface area contributed by atoms with Crippen molar-refractivity contribution in [2.75, 3.05) is 11.9 Å². The third-order valence-corrected chi connectivity index (χ3v) is 5.05. The number of nitro benzene ring substituents is 1. The first-order valence-electron chi connectivity index (χ1n) is 10.1. The fraction of sp³-hybridized carbons (Fsp3) is 0.0435. The van der Waals surface area contributed by atoms with Crippen LogP contribution in [0, 0.1) is 10.1 Å². The van der Waals surface area contributed by atoms with E-state index in [0.29, 0.717) is 20.9 Å². The zero-order valence-electron chi connectivity index (χ0n) is 17.8. The van der Waals surface area contributed by atoms with Crippen molar-refractivity contribution in [3.05, 3.63) is 108 Å². The molecule has 0 spiro atoms. The summed E-state index contributed by atoms with van der Waals surface area (Å²) in [5.74, 6) is -0.826. The average Bonchev–Trinajstić information content (AvgIpc) is 2.84. The Kier molecular flexibility index (Phi) is 6.69. The van der Waals surface area contributed by atoms with Crippen LogP contribution in [0.3, 0.4) is 0 Å². The van der Waals surface area contributed by atoms with E-state index in [0.717, 1.165) is 6.21 Å². The number of aromatic amines is 1. The molecule has 0 saturated heterocycles. The zero-order chi connectivity index (χ0) is 24.9. The second kappa shape index (κ2) is 10.0. The Hall–Kier alpha value is -4.77. The van der Waals surface area contributed by atoms with Crippen molar-refractivity contribution in [2.24, 2.45) is 5.10 Å². The summed E-state index contributed by atoms with van der Waals surface area (Å²) in [5.41, 5.74) is -0.996. The van der Waals surface area contributed by atoms with Gasteiger partial charge >= 0.3 is 11.4 Å². The molecule has 0 atom stereocenters. The molecule has 12 heteroatoms. The molecule has 4 aromatic rings. The van der Waals surface area contributed by atoms with E-state index in [9.17, 15) is 24.5 Å². The Morgan fingerprint density at radius 2 is 1.86 bits per heavy atom. The van der Waals surface area contributed by atoms with Crippen LogP contribution in [0.2, 0.25) is 5.02 Å². The van der Waals surface area contributed by atoms with Crippen molar-refractivity contribution in [2.45, 2.75) is 0 Å². The molecule has 0 saturated carbocycles. The van der Waals surface area contributed by atoms with Gasteiger partial charge in [0.25, 0.3) is 11.5 Å². The van der Waals surface area contributed by atoms with Crippen LogP contribution in [0.25, 0.3) is 10.9 Å². The van der Waals surface area contributed by atoms with Gasteiger partial charge in [-0.3, -0.25) is 19.7 Å². The summed E-state index contributed by atoms with van der Waals surface area (Å²) >= 11 is 5.82. The predicted octanol–water partition coefficient (Wildman–Crippen LogP) is 3.15. The third-order valence-electron chi connectivity index (χ3n) is 4.79. The molecule has 0 bridgehead atoms. The van der Waals surface area contributed by atoms with Crippen molar-refractivity contribution < 1.29 is 14.5 Å². The highest BCUT2D eigenvalue weighted by atomic mass is 35.5. The Balaban J connectivity index is 1.63. The Morgan fingerprint density at radius 1 is 1.11 bits per heavy atom. The highest BCUT2D eigenvalue weighted by molar-refractivity contribution is 6.30. The van der Waals surface area contributed by atoms with Gasteiger partial charge in [-0.25, -0.2) is 4.79 Å². The molecule has 3 aromatic carbocycles. The molecule has 0 unspecified atom stereocenters. The van der Waals surface area contributed by atoms with Gasteiger partial charge in [0.05, 0.1) is 22.0 Å². The minimum absolute atomic E-state index is 0.0814. The molecule has 4 rings (SSSR count). The molecule has 0 aliphatic rings. The SMILES string of the molecule is O=C(COc1c(C=Nn2c(=O)[nH]c3ccccc3c2=O)cccc1[N+](=O)[O-])Nc1ccc(Cl)cc1.